The lowest BCUT2D eigenvalue weighted by molar-refractivity contribution is -0.177. The minimum Gasteiger partial charge on any atom is -0.339 e. The maximum absolute atomic E-state index is 12.8. The van der Waals surface area contributed by atoms with Crippen molar-refractivity contribution < 1.29 is 13.2 Å². The molecule has 0 bridgehead atoms. The van der Waals surface area contributed by atoms with Crippen molar-refractivity contribution in [2.45, 2.75) is 31.9 Å². The zero-order chi connectivity index (χ0) is 14.9. The molecule has 1 aliphatic carbocycles. The smallest absolute Gasteiger partial charge is 0.339 e. The first kappa shape index (κ1) is 14.6. The number of anilines is 1. The molecule has 1 unspecified atom stereocenters. The van der Waals surface area contributed by atoms with Gasteiger partial charge in [0, 0.05) is 31.5 Å². The van der Waals surface area contributed by atoms with Gasteiger partial charge in [-0.15, -0.1) is 0 Å². The molecule has 4 nitrogen and oxygen atoms in total. The number of nitrogens with zero attached hydrogens (tertiary/aromatic N) is 3. The van der Waals surface area contributed by atoms with Crippen LogP contribution in [0.25, 0.3) is 0 Å². The van der Waals surface area contributed by atoms with Crippen LogP contribution in [0.3, 0.4) is 0 Å². The average Bonchev–Trinajstić information content (AvgIpc) is 2.74. The predicted octanol–water partition coefficient (Wildman–Crippen LogP) is 1.94. The zero-order valence-corrected chi connectivity index (χ0v) is 11.8. The Kier molecular flexibility index (Phi) is 4.01. The molecule has 21 heavy (non-hydrogen) atoms. The lowest BCUT2D eigenvalue weighted by Gasteiger charge is -2.27. The third kappa shape index (κ3) is 3.28. The molecule has 2 aliphatic rings. The van der Waals surface area contributed by atoms with E-state index < -0.39 is 12.1 Å². The van der Waals surface area contributed by atoms with E-state index in [0.717, 1.165) is 38.3 Å². The molecule has 1 saturated heterocycles. The zero-order valence-electron chi connectivity index (χ0n) is 11.8. The fraction of sp³-hybridized carbons (Fsp3) is 0.714. The van der Waals surface area contributed by atoms with Crippen molar-refractivity contribution in [2.75, 3.05) is 31.1 Å². The molecule has 116 valence electrons. The van der Waals surface area contributed by atoms with E-state index in [1.165, 1.54) is 0 Å². The maximum atomic E-state index is 12.8. The molecule has 7 heteroatoms. The summed E-state index contributed by atoms with van der Waals surface area (Å²) < 4.78 is 38.4. The highest BCUT2D eigenvalue weighted by Crippen LogP contribution is 2.36. The standard InChI is InChI=1S/C14H19F3N4/c15-14(16,17)11-2-3-12-10(8-11)9-19-13(20-12)21-6-1-4-18-5-7-21/h9,11,18H,1-8H2. The molecule has 1 aliphatic heterocycles. The number of aryl methyl sites for hydroxylation is 1. The van der Waals surface area contributed by atoms with Crippen molar-refractivity contribution in [3.8, 4) is 0 Å². The first-order valence-electron chi connectivity index (χ1n) is 7.41. The Bertz CT molecular complexity index is 495. The van der Waals surface area contributed by atoms with Gasteiger partial charge < -0.3 is 10.2 Å². The third-order valence-electron chi connectivity index (χ3n) is 4.22. The topological polar surface area (TPSA) is 41.1 Å². The summed E-state index contributed by atoms with van der Waals surface area (Å²) in [6.45, 7) is 3.59. The Morgan fingerprint density at radius 1 is 1.24 bits per heavy atom. The van der Waals surface area contributed by atoms with E-state index in [9.17, 15) is 13.2 Å². The second kappa shape index (κ2) is 5.79. The van der Waals surface area contributed by atoms with E-state index in [2.05, 4.69) is 20.2 Å². The molecular formula is C14H19F3N4. The number of alkyl halides is 3. The molecule has 0 saturated carbocycles. The molecule has 0 amide bonds. The molecular weight excluding hydrogens is 281 g/mol. The largest absolute Gasteiger partial charge is 0.392 e. The van der Waals surface area contributed by atoms with Crippen LogP contribution in [0.4, 0.5) is 19.1 Å². The predicted molar refractivity (Wildman–Crippen MR) is 73.3 cm³/mol. The van der Waals surface area contributed by atoms with Gasteiger partial charge in [-0.3, -0.25) is 0 Å². The van der Waals surface area contributed by atoms with E-state index in [1.807, 2.05) is 0 Å². The highest BCUT2D eigenvalue weighted by molar-refractivity contribution is 5.34. The number of rotatable bonds is 1. The number of halogens is 3. The average molecular weight is 300 g/mol. The SMILES string of the molecule is FC(F)(F)C1CCc2nc(N3CCCNCC3)ncc2C1. The number of hydrogen-bond acceptors (Lipinski definition) is 4. The summed E-state index contributed by atoms with van der Waals surface area (Å²) >= 11 is 0. The van der Waals surface area contributed by atoms with Crippen LogP contribution in [0.2, 0.25) is 0 Å². The van der Waals surface area contributed by atoms with Gasteiger partial charge in [0.2, 0.25) is 5.95 Å². The van der Waals surface area contributed by atoms with Gasteiger partial charge in [0.05, 0.1) is 5.92 Å². The number of hydrogen-bond donors (Lipinski definition) is 1. The molecule has 0 radical (unpaired) electrons. The molecule has 0 spiro atoms. The van der Waals surface area contributed by atoms with E-state index in [1.54, 1.807) is 6.20 Å². The van der Waals surface area contributed by atoms with Crippen molar-refractivity contribution in [1.29, 1.82) is 0 Å². The summed E-state index contributed by atoms with van der Waals surface area (Å²) in [4.78, 5) is 10.9. The normalized spacial score (nSPS) is 23.6. The Labute approximate surface area is 121 Å². The van der Waals surface area contributed by atoms with Crippen LogP contribution in [-0.4, -0.2) is 42.3 Å². The van der Waals surface area contributed by atoms with Crippen LogP contribution in [0.15, 0.2) is 6.20 Å². The maximum Gasteiger partial charge on any atom is 0.392 e. The van der Waals surface area contributed by atoms with Gasteiger partial charge in [-0.2, -0.15) is 13.2 Å². The van der Waals surface area contributed by atoms with Gasteiger partial charge in [0.25, 0.3) is 0 Å². The van der Waals surface area contributed by atoms with Crippen LogP contribution >= 0.6 is 0 Å². The highest BCUT2D eigenvalue weighted by atomic mass is 19.4. The van der Waals surface area contributed by atoms with Gasteiger partial charge >= 0.3 is 6.18 Å². The molecule has 1 aromatic rings. The Morgan fingerprint density at radius 2 is 2.10 bits per heavy atom. The molecule has 0 aromatic carbocycles. The Morgan fingerprint density at radius 3 is 2.90 bits per heavy atom. The summed E-state index contributed by atoms with van der Waals surface area (Å²) in [5.41, 5.74) is 1.44. The summed E-state index contributed by atoms with van der Waals surface area (Å²) in [6, 6.07) is 0. The van der Waals surface area contributed by atoms with Gasteiger partial charge in [-0.1, -0.05) is 0 Å². The monoisotopic (exact) mass is 300 g/mol. The summed E-state index contributed by atoms with van der Waals surface area (Å²) in [7, 11) is 0. The van der Waals surface area contributed by atoms with Crippen molar-refractivity contribution in [1.82, 2.24) is 15.3 Å². The number of fused-ring (bicyclic) bond motifs is 1. The number of nitrogens with one attached hydrogen (secondary N) is 1. The molecule has 1 N–H and O–H groups in total. The van der Waals surface area contributed by atoms with Crippen LogP contribution in [0.1, 0.15) is 24.1 Å². The van der Waals surface area contributed by atoms with Crippen molar-refractivity contribution in [2.24, 2.45) is 5.92 Å². The second-order valence-electron chi connectivity index (χ2n) is 5.71. The quantitative estimate of drug-likeness (QED) is 0.860. The second-order valence-corrected chi connectivity index (χ2v) is 5.71. The molecule has 3 rings (SSSR count). The molecule has 1 atom stereocenters. The lowest BCUT2D eigenvalue weighted by atomic mass is 9.87. The Hall–Kier alpha value is -1.37. The highest BCUT2D eigenvalue weighted by Gasteiger charge is 2.41. The summed E-state index contributed by atoms with van der Waals surface area (Å²) in [5, 5.41) is 3.31. The summed E-state index contributed by atoms with van der Waals surface area (Å²) in [6.07, 6.45) is -0.965. The molecule has 1 aromatic heterocycles. The lowest BCUT2D eigenvalue weighted by Crippen LogP contribution is -2.32. The number of aromatic nitrogens is 2. The van der Waals surface area contributed by atoms with Crippen LogP contribution in [0.5, 0.6) is 0 Å². The first-order valence-corrected chi connectivity index (χ1v) is 7.41. The van der Waals surface area contributed by atoms with Gasteiger partial charge in [-0.05, 0) is 37.8 Å². The van der Waals surface area contributed by atoms with Crippen molar-refractivity contribution in [3.05, 3.63) is 17.5 Å². The van der Waals surface area contributed by atoms with Crippen LogP contribution in [0, 0.1) is 5.92 Å². The minimum absolute atomic E-state index is 0.0146. The van der Waals surface area contributed by atoms with Gasteiger partial charge in [-0.25, -0.2) is 9.97 Å². The van der Waals surface area contributed by atoms with E-state index in [0.29, 0.717) is 17.9 Å². The van der Waals surface area contributed by atoms with E-state index in [-0.39, 0.29) is 12.8 Å². The van der Waals surface area contributed by atoms with Gasteiger partial charge in [0.1, 0.15) is 0 Å². The van der Waals surface area contributed by atoms with Crippen LogP contribution in [-0.2, 0) is 12.8 Å². The first-order chi connectivity index (χ1) is 10.0. The fourth-order valence-electron chi connectivity index (χ4n) is 2.97. The van der Waals surface area contributed by atoms with Crippen LogP contribution < -0.4 is 10.2 Å². The molecule has 2 heterocycles. The third-order valence-corrected chi connectivity index (χ3v) is 4.22. The fourth-order valence-corrected chi connectivity index (χ4v) is 2.97. The summed E-state index contributed by atoms with van der Waals surface area (Å²) in [5.74, 6) is -0.593. The minimum atomic E-state index is -4.12. The van der Waals surface area contributed by atoms with E-state index in [4.69, 9.17) is 0 Å². The Balaban J connectivity index is 1.77. The molecule has 1 fully saturated rings. The van der Waals surface area contributed by atoms with Crippen molar-refractivity contribution in [3.63, 3.8) is 0 Å². The van der Waals surface area contributed by atoms with Gasteiger partial charge in [0.15, 0.2) is 0 Å². The van der Waals surface area contributed by atoms with E-state index >= 15 is 0 Å². The van der Waals surface area contributed by atoms with Crippen molar-refractivity contribution >= 4 is 5.95 Å².